The van der Waals surface area contributed by atoms with Crippen molar-refractivity contribution in [1.82, 2.24) is 0 Å². The number of aliphatic carboxylic acids is 2. The van der Waals surface area contributed by atoms with Gasteiger partial charge in [-0.2, -0.15) is 5.11 Å². The molecule has 0 bridgehead atoms. The fraction of sp³-hybridized carbons (Fsp3) is 0.500. The summed E-state index contributed by atoms with van der Waals surface area (Å²) in [5.74, 6) is -7.03. The fourth-order valence-corrected chi connectivity index (χ4v) is 0.562. The monoisotopic (exact) mass is 192 g/mol. The van der Waals surface area contributed by atoms with Gasteiger partial charge in [-0.1, -0.05) is 0 Å². The highest BCUT2D eigenvalue weighted by molar-refractivity contribution is 5.89. The molecule has 2 unspecified atom stereocenters. The first-order valence-corrected chi connectivity index (χ1v) is 3.16. The van der Waals surface area contributed by atoms with E-state index in [0.29, 0.717) is 0 Å². The number of hydrogen-bond donors (Lipinski definition) is 3. The van der Waals surface area contributed by atoms with Crippen molar-refractivity contribution in [2.45, 2.75) is 19.0 Å². The number of aliphatic hydroxyl groups excluding tert-OH is 1. The third-order valence-corrected chi connectivity index (χ3v) is 0.957. The van der Waals surface area contributed by atoms with Crippen molar-refractivity contribution in [1.29, 1.82) is 0 Å². The molecule has 0 aromatic carbocycles. The lowest BCUT2D eigenvalue weighted by molar-refractivity contribution is -0.277. The van der Waals surface area contributed by atoms with E-state index in [-0.39, 0.29) is 6.42 Å². The van der Waals surface area contributed by atoms with E-state index >= 15 is 0 Å². The van der Waals surface area contributed by atoms with E-state index in [0.717, 1.165) is 6.92 Å². The molecular weight excluding hydrogens is 184 g/mol. The first-order chi connectivity index (χ1) is 5.78. The summed E-state index contributed by atoms with van der Waals surface area (Å²) in [5.41, 5.74) is 0. The largest absolute Gasteiger partial charge is 0.481 e. The molecule has 0 rings (SSSR count). The molecule has 0 fully saturated rings. The van der Waals surface area contributed by atoms with Gasteiger partial charge < -0.3 is 20.1 Å². The number of carboxylic acid groups (broad SMARTS) is 2. The molecule has 0 aromatic heterocycles. The Labute approximate surface area is 73.2 Å². The number of hydrogen-bond acceptors (Lipinski definition) is 4. The lowest BCUT2D eigenvalue weighted by atomic mass is 10.2. The van der Waals surface area contributed by atoms with Crippen LogP contribution in [0.25, 0.3) is 0 Å². The Morgan fingerprint density at radius 1 is 1.46 bits per heavy atom. The Bertz CT molecular complexity index is 211. The smallest absolute Gasteiger partial charge is 0.368 e. The number of ether oxygens (including phenoxy) is 1. The summed E-state index contributed by atoms with van der Waals surface area (Å²) in [7, 11) is 0. The molecule has 3 N–H and O–H groups in total. The minimum atomic E-state index is -3.26. The van der Waals surface area contributed by atoms with Gasteiger partial charge in [-0.15, -0.1) is 0 Å². The molecule has 0 heterocycles. The topological polar surface area (TPSA) is 124 Å². The maximum Gasteiger partial charge on any atom is 0.368 e. The first kappa shape index (κ1) is 11.8. The van der Waals surface area contributed by atoms with Crippen LogP contribution in [-0.4, -0.2) is 39.3 Å². The molecule has 13 heavy (non-hydrogen) atoms. The molecule has 0 aliphatic carbocycles. The van der Waals surface area contributed by atoms with Gasteiger partial charge in [0.05, 0.1) is 0 Å². The van der Waals surface area contributed by atoms with Crippen LogP contribution >= 0.6 is 0 Å². The fourth-order valence-electron chi connectivity index (χ4n) is 0.562. The van der Waals surface area contributed by atoms with E-state index in [2.05, 4.69) is 4.74 Å². The summed E-state index contributed by atoms with van der Waals surface area (Å²) in [6, 6.07) is 0. The second kappa shape index (κ2) is 4.17. The van der Waals surface area contributed by atoms with Crippen molar-refractivity contribution < 1.29 is 34.8 Å². The standard InChI is InChI=1S/C6H8O7/c1-3(7)13-6(12,5(10)11)2-4(8)9/h2-3,7H,1H3,(H,8,9)(H,10,11). The van der Waals surface area contributed by atoms with Gasteiger partial charge in [0, 0.05) is 0 Å². The molecule has 0 aromatic rings. The Balaban J connectivity index is 4.52. The van der Waals surface area contributed by atoms with Crippen molar-refractivity contribution in [3.8, 4) is 0 Å². The molecule has 7 heteroatoms. The average Bonchev–Trinajstić information content (AvgIpc) is 1.82. The summed E-state index contributed by atoms with van der Waals surface area (Å²) in [5, 5.41) is 36.0. The molecular formula is C6H8O7. The second-order valence-corrected chi connectivity index (χ2v) is 2.17. The predicted octanol–water partition coefficient (Wildman–Crippen LogP) is -1.16. The maximum atomic E-state index is 11.0. The molecule has 0 saturated carbocycles. The molecule has 74 valence electrons. The Hall–Kier alpha value is -1.18. The quantitative estimate of drug-likeness (QED) is 0.472. The van der Waals surface area contributed by atoms with Crippen molar-refractivity contribution in [2.75, 3.05) is 0 Å². The number of carbonyl (C=O) groups is 2. The summed E-state index contributed by atoms with van der Waals surface area (Å²) >= 11 is 0. The summed E-state index contributed by atoms with van der Waals surface area (Å²) in [4.78, 5) is 20.3. The number of carboxylic acids is 2. The minimum Gasteiger partial charge on any atom is -0.481 e. The lowest BCUT2D eigenvalue weighted by Crippen LogP contribution is -2.45. The van der Waals surface area contributed by atoms with Crippen molar-refractivity contribution in [3.63, 3.8) is 0 Å². The Morgan fingerprint density at radius 3 is 2.15 bits per heavy atom. The highest BCUT2D eigenvalue weighted by atomic mass is 16.7. The van der Waals surface area contributed by atoms with Crippen LogP contribution in [0.1, 0.15) is 6.92 Å². The van der Waals surface area contributed by atoms with E-state index < -0.39 is 24.0 Å². The zero-order valence-electron chi connectivity index (χ0n) is 6.63. The van der Waals surface area contributed by atoms with Crippen LogP contribution in [0.4, 0.5) is 0 Å². The SMILES string of the molecule is CC(O)OC([O])([CH]C(=O)O)C(=O)O. The number of rotatable bonds is 5. The third kappa shape index (κ3) is 3.83. The van der Waals surface area contributed by atoms with Gasteiger partial charge in [0.25, 0.3) is 0 Å². The van der Waals surface area contributed by atoms with Crippen molar-refractivity contribution in [3.05, 3.63) is 6.42 Å². The van der Waals surface area contributed by atoms with E-state index in [1.165, 1.54) is 0 Å². The molecule has 0 amide bonds. The van der Waals surface area contributed by atoms with Crippen LogP contribution in [-0.2, 0) is 19.4 Å². The second-order valence-electron chi connectivity index (χ2n) is 2.17. The molecule has 0 aliphatic heterocycles. The number of aliphatic hydroxyl groups is 1. The van der Waals surface area contributed by atoms with Gasteiger partial charge in [0.1, 0.15) is 6.42 Å². The third-order valence-electron chi connectivity index (χ3n) is 0.957. The van der Waals surface area contributed by atoms with Crippen LogP contribution < -0.4 is 0 Å². The normalized spacial score (nSPS) is 17.5. The molecule has 7 nitrogen and oxygen atoms in total. The average molecular weight is 192 g/mol. The molecule has 2 radical (unpaired) electrons. The van der Waals surface area contributed by atoms with Gasteiger partial charge in [0.2, 0.25) is 0 Å². The van der Waals surface area contributed by atoms with Crippen molar-refractivity contribution in [2.24, 2.45) is 0 Å². The summed E-state index contributed by atoms with van der Waals surface area (Å²) in [6.45, 7) is 0.991. The van der Waals surface area contributed by atoms with E-state index in [1.807, 2.05) is 0 Å². The van der Waals surface area contributed by atoms with Crippen molar-refractivity contribution >= 4 is 11.9 Å². The van der Waals surface area contributed by atoms with Gasteiger partial charge in [0.15, 0.2) is 6.29 Å². The van der Waals surface area contributed by atoms with Gasteiger partial charge in [-0.3, -0.25) is 4.79 Å². The highest BCUT2D eigenvalue weighted by Gasteiger charge is 2.44. The van der Waals surface area contributed by atoms with E-state index in [1.54, 1.807) is 0 Å². The molecule has 0 spiro atoms. The van der Waals surface area contributed by atoms with Gasteiger partial charge in [-0.05, 0) is 6.92 Å². The first-order valence-electron chi connectivity index (χ1n) is 3.16. The lowest BCUT2D eigenvalue weighted by Gasteiger charge is -2.20. The Kier molecular flexibility index (Phi) is 3.79. The van der Waals surface area contributed by atoms with E-state index in [9.17, 15) is 14.7 Å². The molecule has 0 aliphatic rings. The minimum absolute atomic E-state index is 0.0952. The summed E-state index contributed by atoms with van der Waals surface area (Å²) < 4.78 is 3.97. The van der Waals surface area contributed by atoms with Gasteiger partial charge in [-0.25, -0.2) is 4.79 Å². The Morgan fingerprint density at radius 2 is 1.92 bits per heavy atom. The predicted molar refractivity (Wildman–Crippen MR) is 35.8 cm³/mol. The van der Waals surface area contributed by atoms with Crippen LogP contribution in [0.2, 0.25) is 0 Å². The maximum absolute atomic E-state index is 11.0. The zero-order chi connectivity index (χ0) is 10.6. The van der Waals surface area contributed by atoms with Crippen LogP contribution in [0.15, 0.2) is 0 Å². The zero-order valence-corrected chi connectivity index (χ0v) is 6.63. The summed E-state index contributed by atoms with van der Waals surface area (Å²) in [6.07, 6.45) is -1.76. The van der Waals surface area contributed by atoms with E-state index in [4.69, 9.17) is 15.3 Å². The van der Waals surface area contributed by atoms with Crippen LogP contribution in [0.3, 0.4) is 0 Å². The molecule has 2 atom stereocenters. The highest BCUT2D eigenvalue weighted by Crippen LogP contribution is 2.14. The van der Waals surface area contributed by atoms with Crippen LogP contribution in [0.5, 0.6) is 0 Å². The van der Waals surface area contributed by atoms with Crippen LogP contribution in [0, 0.1) is 6.42 Å². The van der Waals surface area contributed by atoms with Gasteiger partial charge >= 0.3 is 17.7 Å². The molecule has 0 saturated heterocycles.